The Morgan fingerprint density at radius 1 is 1.56 bits per heavy atom. The lowest BCUT2D eigenvalue weighted by Gasteiger charge is -2.33. The summed E-state index contributed by atoms with van der Waals surface area (Å²) in [5, 5.41) is 9.31. The largest absolute Gasteiger partial charge is 0.381 e. The van der Waals surface area contributed by atoms with Crippen LogP contribution in [0.15, 0.2) is 15.5 Å². The van der Waals surface area contributed by atoms with E-state index in [0.29, 0.717) is 10.2 Å². The summed E-state index contributed by atoms with van der Waals surface area (Å²) in [6.45, 7) is 4.97. The summed E-state index contributed by atoms with van der Waals surface area (Å²) in [6, 6.07) is 0. The van der Waals surface area contributed by atoms with Crippen LogP contribution >= 0.6 is 15.9 Å². The zero-order valence-corrected chi connectivity index (χ0v) is 11.6. The number of hydrogen-bond acceptors (Lipinski definition) is 4. The van der Waals surface area contributed by atoms with E-state index in [9.17, 15) is 4.79 Å². The molecular weight excluding hydrogens is 272 g/mol. The van der Waals surface area contributed by atoms with Gasteiger partial charge in [-0.25, -0.2) is 5.10 Å². The number of aromatic amines is 1. The van der Waals surface area contributed by atoms with E-state index in [2.05, 4.69) is 50.2 Å². The maximum absolute atomic E-state index is 11.3. The van der Waals surface area contributed by atoms with Gasteiger partial charge in [-0.2, -0.15) is 5.10 Å². The molecule has 0 atom stereocenters. The van der Waals surface area contributed by atoms with Crippen LogP contribution in [0.25, 0.3) is 0 Å². The number of aromatic nitrogens is 2. The molecule has 90 valence electrons. The van der Waals surface area contributed by atoms with Gasteiger partial charge in [0.2, 0.25) is 0 Å². The zero-order chi connectivity index (χ0) is 12.3. The number of nitrogens with zero attached hydrogens (tertiary/aromatic N) is 2. The number of hydrogen-bond donors (Lipinski definition) is 2. The second kappa shape index (κ2) is 4.97. The molecule has 2 N–H and O–H groups in total. The number of anilines is 1. The highest BCUT2D eigenvalue weighted by atomic mass is 79.9. The van der Waals surface area contributed by atoms with Gasteiger partial charge in [0.1, 0.15) is 4.47 Å². The van der Waals surface area contributed by atoms with Crippen molar-refractivity contribution < 1.29 is 0 Å². The molecule has 0 fully saturated rings. The van der Waals surface area contributed by atoms with Crippen molar-refractivity contribution in [2.24, 2.45) is 0 Å². The highest BCUT2D eigenvalue weighted by molar-refractivity contribution is 9.10. The van der Waals surface area contributed by atoms with Gasteiger partial charge in [0.25, 0.3) is 5.56 Å². The molecule has 0 aliphatic rings. The summed E-state index contributed by atoms with van der Waals surface area (Å²) in [5.74, 6) is 0. The van der Waals surface area contributed by atoms with Crippen LogP contribution in [0.3, 0.4) is 0 Å². The first kappa shape index (κ1) is 13.2. The summed E-state index contributed by atoms with van der Waals surface area (Å²) >= 11 is 3.23. The van der Waals surface area contributed by atoms with Gasteiger partial charge in [-0.05, 0) is 43.9 Å². The monoisotopic (exact) mass is 288 g/mol. The average molecular weight is 289 g/mol. The molecule has 16 heavy (non-hydrogen) atoms. The zero-order valence-electron chi connectivity index (χ0n) is 9.97. The highest BCUT2D eigenvalue weighted by Crippen LogP contribution is 2.17. The van der Waals surface area contributed by atoms with E-state index < -0.39 is 0 Å². The van der Waals surface area contributed by atoms with E-state index in [0.717, 1.165) is 6.54 Å². The molecule has 5 nitrogen and oxygen atoms in total. The normalized spacial score (nSPS) is 11.9. The van der Waals surface area contributed by atoms with Gasteiger partial charge in [-0.3, -0.25) is 4.79 Å². The van der Waals surface area contributed by atoms with Gasteiger partial charge in [-0.1, -0.05) is 0 Å². The van der Waals surface area contributed by atoms with E-state index in [4.69, 9.17) is 0 Å². The summed E-state index contributed by atoms with van der Waals surface area (Å²) in [7, 11) is 4.04. The first-order chi connectivity index (χ1) is 7.34. The summed E-state index contributed by atoms with van der Waals surface area (Å²) in [5.41, 5.74) is 0.480. The predicted octanol–water partition coefficient (Wildman–Crippen LogP) is 1.28. The van der Waals surface area contributed by atoms with Crippen LogP contribution < -0.4 is 10.9 Å². The third-order valence-electron chi connectivity index (χ3n) is 2.72. The average Bonchev–Trinajstić information content (AvgIpc) is 2.20. The van der Waals surface area contributed by atoms with Gasteiger partial charge in [0, 0.05) is 12.1 Å². The molecule has 1 aromatic heterocycles. The Morgan fingerprint density at radius 3 is 2.75 bits per heavy atom. The van der Waals surface area contributed by atoms with Gasteiger partial charge < -0.3 is 10.2 Å². The van der Waals surface area contributed by atoms with Crippen molar-refractivity contribution in [3.05, 3.63) is 21.0 Å². The molecule has 0 saturated heterocycles. The molecule has 6 heteroatoms. The van der Waals surface area contributed by atoms with Crippen LogP contribution in [-0.4, -0.2) is 41.3 Å². The SMILES string of the molecule is CN(C)C(C)(C)CNc1cn[nH]c(=O)c1Br. The maximum atomic E-state index is 11.3. The minimum absolute atomic E-state index is 0.00203. The smallest absolute Gasteiger partial charge is 0.280 e. The van der Waals surface area contributed by atoms with E-state index in [1.54, 1.807) is 6.20 Å². The molecule has 1 aromatic rings. The first-order valence-electron chi connectivity index (χ1n) is 4.99. The fraction of sp³-hybridized carbons (Fsp3) is 0.600. The van der Waals surface area contributed by atoms with Crippen molar-refractivity contribution in [2.75, 3.05) is 26.0 Å². The van der Waals surface area contributed by atoms with Gasteiger partial charge in [0.15, 0.2) is 0 Å². The molecule has 0 aromatic carbocycles. The third-order valence-corrected chi connectivity index (χ3v) is 3.50. The molecule has 0 aliphatic heterocycles. The Kier molecular flexibility index (Phi) is 4.09. The Hall–Kier alpha value is -0.880. The fourth-order valence-corrected chi connectivity index (χ4v) is 1.31. The minimum atomic E-state index is -0.229. The first-order valence-corrected chi connectivity index (χ1v) is 5.78. The topological polar surface area (TPSA) is 61.0 Å². The number of likely N-dealkylation sites (N-methyl/N-ethyl adjacent to an activating group) is 1. The number of nitrogens with one attached hydrogen (secondary N) is 2. The molecule has 0 spiro atoms. The highest BCUT2D eigenvalue weighted by Gasteiger charge is 2.20. The quantitative estimate of drug-likeness (QED) is 0.876. The second-order valence-electron chi connectivity index (χ2n) is 4.49. The Balaban J connectivity index is 2.76. The molecule has 0 unspecified atom stereocenters. The van der Waals surface area contributed by atoms with E-state index >= 15 is 0 Å². The van der Waals surface area contributed by atoms with Gasteiger partial charge in [-0.15, -0.1) is 0 Å². The van der Waals surface area contributed by atoms with Crippen molar-refractivity contribution in [1.29, 1.82) is 0 Å². The third kappa shape index (κ3) is 3.05. The standard InChI is InChI=1S/C10H17BrN4O/c1-10(2,15(3)4)6-12-7-5-13-14-9(16)8(7)11/h5H,6H2,1-4H3,(H2,12,14,16). The maximum Gasteiger partial charge on any atom is 0.280 e. The predicted molar refractivity (Wildman–Crippen MR) is 68.8 cm³/mol. The van der Waals surface area contributed by atoms with Crippen LogP contribution in [0.2, 0.25) is 0 Å². The summed E-state index contributed by atoms with van der Waals surface area (Å²) in [6.07, 6.45) is 1.59. The van der Waals surface area contributed by atoms with Crippen LogP contribution in [0.1, 0.15) is 13.8 Å². The minimum Gasteiger partial charge on any atom is -0.381 e. The van der Waals surface area contributed by atoms with Crippen LogP contribution in [0.4, 0.5) is 5.69 Å². The van der Waals surface area contributed by atoms with E-state index in [1.807, 2.05) is 14.1 Å². The number of rotatable bonds is 4. The molecule has 1 rings (SSSR count). The summed E-state index contributed by atoms with van der Waals surface area (Å²) < 4.78 is 0.483. The van der Waals surface area contributed by atoms with Crippen LogP contribution in [-0.2, 0) is 0 Å². The number of halogens is 1. The lowest BCUT2D eigenvalue weighted by Crippen LogP contribution is -2.44. The van der Waals surface area contributed by atoms with Crippen molar-refractivity contribution in [2.45, 2.75) is 19.4 Å². The molecular formula is C10H17BrN4O. The van der Waals surface area contributed by atoms with Crippen molar-refractivity contribution >= 4 is 21.6 Å². The molecule has 0 amide bonds. The molecule has 0 radical (unpaired) electrons. The van der Waals surface area contributed by atoms with Crippen molar-refractivity contribution in [1.82, 2.24) is 15.1 Å². The van der Waals surface area contributed by atoms with E-state index in [1.165, 1.54) is 0 Å². The van der Waals surface area contributed by atoms with Crippen molar-refractivity contribution in [3.8, 4) is 0 Å². The van der Waals surface area contributed by atoms with Crippen LogP contribution in [0.5, 0.6) is 0 Å². The second-order valence-corrected chi connectivity index (χ2v) is 5.28. The Morgan fingerprint density at radius 2 is 2.19 bits per heavy atom. The van der Waals surface area contributed by atoms with Crippen molar-refractivity contribution in [3.63, 3.8) is 0 Å². The van der Waals surface area contributed by atoms with E-state index in [-0.39, 0.29) is 11.1 Å². The van der Waals surface area contributed by atoms with Gasteiger partial charge >= 0.3 is 0 Å². The Bertz CT molecular complexity index is 414. The summed E-state index contributed by atoms with van der Waals surface area (Å²) in [4.78, 5) is 13.4. The fourth-order valence-electron chi connectivity index (χ4n) is 0.976. The molecule has 0 saturated carbocycles. The Labute approximate surface area is 103 Å². The van der Waals surface area contributed by atoms with Gasteiger partial charge in [0.05, 0.1) is 11.9 Å². The number of H-pyrrole nitrogens is 1. The molecule has 1 heterocycles. The lowest BCUT2D eigenvalue weighted by atomic mass is 10.0. The lowest BCUT2D eigenvalue weighted by molar-refractivity contribution is 0.210. The molecule has 0 aliphatic carbocycles. The van der Waals surface area contributed by atoms with Crippen LogP contribution in [0, 0.1) is 0 Å². The molecule has 0 bridgehead atoms.